The van der Waals surface area contributed by atoms with Crippen LogP contribution in [0.25, 0.3) is 10.9 Å². The maximum absolute atomic E-state index is 13.5. The number of amides is 1. The number of carbonyl (C=O) groups is 1. The molecule has 2 unspecified atom stereocenters. The Morgan fingerprint density at radius 2 is 1.87 bits per heavy atom. The van der Waals surface area contributed by atoms with Crippen molar-refractivity contribution < 1.29 is 13.6 Å². The SMILES string of the molecule is CCN(C(=O)c1cc2cc(F)ccc2[nH]1)C1CCCC(NCc2ccc(F)cc2)C1. The minimum Gasteiger partial charge on any atom is -0.351 e. The number of fused-ring (bicyclic) bond motifs is 1. The molecule has 3 aromatic rings. The average molecular weight is 411 g/mol. The molecule has 158 valence electrons. The van der Waals surface area contributed by atoms with Gasteiger partial charge in [-0.3, -0.25) is 4.79 Å². The molecule has 0 bridgehead atoms. The number of hydrogen-bond acceptors (Lipinski definition) is 2. The standard InChI is InChI=1S/C24H27F2N3O/c1-2-29(24(30)23-13-17-12-19(26)10-11-22(17)28-23)21-5-3-4-20(14-21)27-15-16-6-8-18(25)9-7-16/h6-13,20-21,27-28H,2-5,14-15H2,1H3. The third-order valence-corrected chi connectivity index (χ3v) is 6.01. The van der Waals surface area contributed by atoms with Crippen molar-refractivity contribution in [2.45, 2.75) is 51.2 Å². The second kappa shape index (κ2) is 8.96. The number of nitrogens with one attached hydrogen (secondary N) is 2. The van der Waals surface area contributed by atoms with Crippen LogP contribution in [0.15, 0.2) is 48.5 Å². The normalized spacial score (nSPS) is 19.2. The maximum Gasteiger partial charge on any atom is 0.270 e. The van der Waals surface area contributed by atoms with E-state index in [1.165, 1.54) is 24.3 Å². The van der Waals surface area contributed by atoms with Crippen LogP contribution < -0.4 is 5.32 Å². The average Bonchev–Trinajstić information content (AvgIpc) is 3.17. The summed E-state index contributed by atoms with van der Waals surface area (Å²) in [4.78, 5) is 18.3. The Morgan fingerprint density at radius 3 is 2.63 bits per heavy atom. The van der Waals surface area contributed by atoms with Gasteiger partial charge in [-0.05, 0) is 74.6 Å². The fourth-order valence-electron chi connectivity index (χ4n) is 4.44. The van der Waals surface area contributed by atoms with Crippen LogP contribution in [0.2, 0.25) is 0 Å². The number of rotatable bonds is 6. The predicted molar refractivity (Wildman–Crippen MR) is 114 cm³/mol. The molecule has 4 nitrogen and oxygen atoms in total. The van der Waals surface area contributed by atoms with E-state index in [0.29, 0.717) is 30.2 Å². The fourth-order valence-corrected chi connectivity index (χ4v) is 4.44. The quantitative estimate of drug-likeness (QED) is 0.599. The van der Waals surface area contributed by atoms with Crippen LogP contribution in [0.5, 0.6) is 0 Å². The summed E-state index contributed by atoms with van der Waals surface area (Å²) >= 11 is 0. The third-order valence-electron chi connectivity index (χ3n) is 6.01. The first-order valence-corrected chi connectivity index (χ1v) is 10.6. The fraction of sp³-hybridized carbons (Fsp3) is 0.375. The molecule has 2 N–H and O–H groups in total. The molecule has 1 fully saturated rings. The minimum absolute atomic E-state index is 0.0432. The van der Waals surface area contributed by atoms with E-state index in [1.54, 1.807) is 24.3 Å². The zero-order chi connectivity index (χ0) is 21.1. The predicted octanol–water partition coefficient (Wildman–Crippen LogP) is 5.01. The van der Waals surface area contributed by atoms with E-state index in [1.807, 2.05) is 11.8 Å². The van der Waals surface area contributed by atoms with Crippen LogP contribution in [0.3, 0.4) is 0 Å². The molecule has 2 atom stereocenters. The molecule has 1 heterocycles. The van der Waals surface area contributed by atoms with Crippen molar-refractivity contribution in [3.63, 3.8) is 0 Å². The summed E-state index contributed by atoms with van der Waals surface area (Å²) < 4.78 is 26.6. The Morgan fingerprint density at radius 1 is 1.10 bits per heavy atom. The van der Waals surface area contributed by atoms with Crippen LogP contribution in [-0.4, -0.2) is 34.4 Å². The van der Waals surface area contributed by atoms with E-state index in [4.69, 9.17) is 0 Å². The van der Waals surface area contributed by atoms with Crippen LogP contribution >= 0.6 is 0 Å². The molecule has 1 aliphatic carbocycles. The third kappa shape index (κ3) is 4.54. The highest BCUT2D eigenvalue weighted by Crippen LogP contribution is 2.26. The van der Waals surface area contributed by atoms with Crippen molar-refractivity contribution in [1.82, 2.24) is 15.2 Å². The summed E-state index contributed by atoms with van der Waals surface area (Å²) in [5.41, 5.74) is 2.31. The number of benzene rings is 2. The molecule has 0 aliphatic heterocycles. The zero-order valence-electron chi connectivity index (χ0n) is 17.1. The Kier molecular flexibility index (Phi) is 6.13. The van der Waals surface area contributed by atoms with Crippen molar-refractivity contribution >= 4 is 16.8 Å². The van der Waals surface area contributed by atoms with Gasteiger partial charge in [-0.25, -0.2) is 8.78 Å². The van der Waals surface area contributed by atoms with E-state index < -0.39 is 0 Å². The molecule has 6 heteroatoms. The van der Waals surface area contributed by atoms with Gasteiger partial charge in [0.2, 0.25) is 0 Å². The lowest BCUT2D eigenvalue weighted by Crippen LogP contribution is -2.46. The molecule has 1 amide bonds. The number of carbonyl (C=O) groups excluding carboxylic acids is 1. The lowest BCUT2D eigenvalue weighted by Gasteiger charge is -2.37. The molecule has 1 saturated carbocycles. The molecule has 0 radical (unpaired) electrons. The highest BCUT2D eigenvalue weighted by atomic mass is 19.1. The van der Waals surface area contributed by atoms with Crippen molar-refractivity contribution in [1.29, 1.82) is 0 Å². The van der Waals surface area contributed by atoms with Crippen molar-refractivity contribution in [2.24, 2.45) is 0 Å². The van der Waals surface area contributed by atoms with Crippen molar-refractivity contribution in [3.8, 4) is 0 Å². The van der Waals surface area contributed by atoms with Gasteiger partial charge in [0.15, 0.2) is 0 Å². The lowest BCUT2D eigenvalue weighted by atomic mass is 9.89. The zero-order valence-corrected chi connectivity index (χ0v) is 17.1. The van der Waals surface area contributed by atoms with Gasteiger partial charge < -0.3 is 15.2 Å². The van der Waals surface area contributed by atoms with Crippen LogP contribution in [-0.2, 0) is 6.54 Å². The summed E-state index contributed by atoms with van der Waals surface area (Å²) in [6.45, 7) is 3.30. The van der Waals surface area contributed by atoms with E-state index in [0.717, 1.165) is 36.8 Å². The smallest absolute Gasteiger partial charge is 0.270 e. The van der Waals surface area contributed by atoms with Gasteiger partial charge in [0.05, 0.1) is 0 Å². The second-order valence-corrected chi connectivity index (χ2v) is 8.03. The van der Waals surface area contributed by atoms with E-state index in [9.17, 15) is 13.6 Å². The monoisotopic (exact) mass is 411 g/mol. The highest BCUT2D eigenvalue weighted by molar-refractivity contribution is 5.98. The van der Waals surface area contributed by atoms with Crippen LogP contribution in [0.4, 0.5) is 8.78 Å². The number of nitrogens with zero attached hydrogens (tertiary/aromatic N) is 1. The molecule has 1 aromatic heterocycles. The van der Waals surface area contributed by atoms with Gasteiger partial charge in [0, 0.05) is 36.1 Å². The number of halogens is 2. The maximum atomic E-state index is 13.5. The van der Waals surface area contributed by atoms with Gasteiger partial charge >= 0.3 is 0 Å². The first-order valence-electron chi connectivity index (χ1n) is 10.6. The van der Waals surface area contributed by atoms with Gasteiger partial charge in [-0.2, -0.15) is 0 Å². The van der Waals surface area contributed by atoms with Gasteiger partial charge in [0.25, 0.3) is 5.91 Å². The number of aromatic nitrogens is 1. The Balaban J connectivity index is 1.42. The lowest BCUT2D eigenvalue weighted by molar-refractivity contribution is 0.0623. The Hall–Kier alpha value is -2.73. The minimum atomic E-state index is -0.310. The molecule has 30 heavy (non-hydrogen) atoms. The molecule has 0 spiro atoms. The molecule has 1 aliphatic rings. The summed E-state index contributed by atoms with van der Waals surface area (Å²) in [6, 6.07) is 13.2. The molecular formula is C24H27F2N3O. The summed E-state index contributed by atoms with van der Waals surface area (Å²) in [5.74, 6) is -0.582. The van der Waals surface area contributed by atoms with Crippen LogP contribution in [0, 0.1) is 11.6 Å². The second-order valence-electron chi connectivity index (χ2n) is 8.03. The van der Waals surface area contributed by atoms with Gasteiger partial charge in [0.1, 0.15) is 17.3 Å². The topological polar surface area (TPSA) is 48.1 Å². The summed E-state index contributed by atoms with van der Waals surface area (Å²) in [6.07, 6.45) is 3.97. The Labute approximate surface area is 175 Å². The van der Waals surface area contributed by atoms with Gasteiger partial charge in [-0.15, -0.1) is 0 Å². The summed E-state index contributed by atoms with van der Waals surface area (Å²) in [5, 5.41) is 4.27. The number of H-pyrrole nitrogens is 1. The van der Waals surface area contributed by atoms with Gasteiger partial charge in [-0.1, -0.05) is 12.1 Å². The van der Waals surface area contributed by atoms with Crippen molar-refractivity contribution in [3.05, 3.63) is 71.4 Å². The van der Waals surface area contributed by atoms with E-state index in [2.05, 4.69) is 10.3 Å². The molecule has 0 saturated heterocycles. The number of aromatic amines is 1. The Bertz CT molecular complexity index is 1010. The molecular weight excluding hydrogens is 384 g/mol. The molecule has 4 rings (SSSR count). The van der Waals surface area contributed by atoms with E-state index in [-0.39, 0.29) is 23.6 Å². The van der Waals surface area contributed by atoms with Crippen LogP contribution in [0.1, 0.15) is 48.7 Å². The summed E-state index contributed by atoms with van der Waals surface area (Å²) in [7, 11) is 0. The van der Waals surface area contributed by atoms with Crippen molar-refractivity contribution in [2.75, 3.05) is 6.54 Å². The number of hydrogen-bond donors (Lipinski definition) is 2. The highest BCUT2D eigenvalue weighted by Gasteiger charge is 2.29. The largest absolute Gasteiger partial charge is 0.351 e. The first kappa shape index (κ1) is 20.5. The molecule has 2 aromatic carbocycles. The van der Waals surface area contributed by atoms with E-state index >= 15 is 0 Å². The first-order chi connectivity index (χ1) is 14.5.